The fraction of sp³-hybridized carbons (Fsp3) is 0.500. The van der Waals surface area contributed by atoms with Crippen LogP contribution in [0.4, 0.5) is 0 Å². The van der Waals surface area contributed by atoms with Gasteiger partial charge in [-0.15, -0.1) is 0 Å². The Kier molecular flexibility index (Phi) is 1.88. The van der Waals surface area contributed by atoms with Gasteiger partial charge < -0.3 is 14.5 Å². The lowest BCUT2D eigenvalue weighted by atomic mass is 10.0. The third kappa shape index (κ3) is 1.49. The first kappa shape index (κ1) is 8.13. The largest absolute Gasteiger partial charge is 0.456 e. The quantitative estimate of drug-likeness (QED) is 0.843. The van der Waals surface area contributed by atoms with Gasteiger partial charge in [-0.25, -0.2) is 0 Å². The Bertz CT molecular complexity index is 280. The van der Waals surface area contributed by atoms with Crippen molar-refractivity contribution in [2.45, 2.75) is 12.5 Å². The van der Waals surface area contributed by atoms with Crippen molar-refractivity contribution in [2.24, 2.45) is 0 Å². The summed E-state index contributed by atoms with van der Waals surface area (Å²) in [5.74, 6) is 0.575. The fourth-order valence-corrected chi connectivity index (χ4v) is 1.44. The first-order valence-corrected chi connectivity index (χ1v) is 4.62. The molecule has 1 fully saturated rings. The summed E-state index contributed by atoms with van der Waals surface area (Å²) in [6.45, 7) is 3.82. The number of nitrogens with one attached hydrogen (secondary N) is 1. The highest BCUT2D eigenvalue weighted by atomic mass is 79.9. The van der Waals surface area contributed by atoms with Crippen molar-refractivity contribution in [3.05, 3.63) is 16.8 Å². The van der Waals surface area contributed by atoms with Crippen molar-refractivity contribution in [1.82, 2.24) is 5.32 Å². The van der Waals surface area contributed by atoms with Gasteiger partial charge in [-0.2, -0.15) is 0 Å². The number of furan rings is 1. The second-order valence-electron chi connectivity index (χ2n) is 3.21. The molecule has 12 heavy (non-hydrogen) atoms. The van der Waals surface area contributed by atoms with Crippen LogP contribution in [0.1, 0.15) is 6.92 Å². The van der Waals surface area contributed by atoms with E-state index in [1.807, 2.05) is 12.1 Å². The van der Waals surface area contributed by atoms with Crippen LogP contribution in [0.25, 0.3) is 0 Å². The van der Waals surface area contributed by atoms with E-state index in [-0.39, 0.29) is 5.60 Å². The summed E-state index contributed by atoms with van der Waals surface area (Å²) < 4.78 is 11.5. The maximum atomic E-state index is 5.60. The fourth-order valence-electron chi connectivity index (χ4n) is 1.14. The topological polar surface area (TPSA) is 34.4 Å². The van der Waals surface area contributed by atoms with Crippen LogP contribution in [0, 0.1) is 0 Å². The summed E-state index contributed by atoms with van der Waals surface area (Å²) in [7, 11) is 0. The normalized spacial score (nSPS) is 20.2. The molecule has 0 spiro atoms. The lowest BCUT2D eigenvalue weighted by Crippen LogP contribution is -2.60. The molecule has 1 N–H and O–H groups in total. The second-order valence-corrected chi connectivity index (χ2v) is 4.00. The standard InChI is InChI=1S/C8H10BrNO2/c1-8(4-10-5-8)12-7-3-2-6(9)11-7/h2-3,10H,4-5H2,1H3. The van der Waals surface area contributed by atoms with E-state index >= 15 is 0 Å². The van der Waals surface area contributed by atoms with Crippen LogP contribution in [0.5, 0.6) is 5.95 Å². The molecule has 0 aromatic carbocycles. The lowest BCUT2D eigenvalue weighted by molar-refractivity contribution is 0.0125. The van der Waals surface area contributed by atoms with E-state index in [0.29, 0.717) is 10.6 Å². The van der Waals surface area contributed by atoms with Crippen molar-refractivity contribution < 1.29 is 9.15 Å². The Morgan fingerprint density at radius 2 is 2.33 bits per heavy atom. The molecule has 3 nitrogen and oxygen atoms in total. The molecule has 1 aliphatic rings. The lowest BCUT2D eigenvalue weighted by Gasteiger charge is -2.38. The second kappa shape index (κ2) is 2.78. The van der Waals surface area contributed by atoms with E-state index in [1.165, 1.54) is 0 Å². The molecule has 4 heteroatoms. The van der Waals surface area contributed by atoms with Crippen LogP contribution < -0.4 is 10.1 Å². The molecule has 1 saturated heterocycles. The minimum Gasteiger partial charge on any atom is -0.456 e. The molecule has 0 bridgehead atoms. The average molecular weight is 232 g/mol. The predicted molar refractivity (Wildman–Crippen MR) is 48.3 cm³/mol. The molecule has 0 saturated carbocycles. The van der Waals surface area contributed by atoms with Gasteiger partial charge in [0.25, 0.3) is 5.95 Å². The zero-order valence-electron chi connectivity index (χ0n) is 6.76. The van der Waals surface area contributed by atoms with Gasteiger partial charge in [0.2, 0.25) is 0 Å². The van der Waals surface area contributed by atoms with Gasteiger partial charge in [0, 0.05) is 19.2 Å². The minimum atomic E-state index is -0.0860. The monoisotopic (exact) mass is 231 g/mol. The maximum Gasteiger partial charge on any atom is 0.285 e. The van der Waals surface area contributed by atoms with Gasteiger partial charge in [0.1, 0.15) is 5.60 Å². The van der Waals surface area contributed by atoms with Crippen LogP contribution in [0.2, 0.25) is 0 Å². The van der Waals surface area contributed by atoms with Crippen LogP contribution >= 0.6 is 15.9 Å². The molecule has 66 valence electrons. The van der Waals surface area contributed by atoms with Crippen LogP contribution in [0.15, 0.2) is 21.2 Å². The van der Waals surface area contributed by atoms with Crippen LogP contribution in [-0.4, -0.2) is 18.7 Å². The molecule has 1 aromatic rings. The molecule has 2 rings (SSSR count). The third-order valence-electron chi connectivity index (χ3n) is 1.89. The molecule has 0 atom stereocenters. The zero-order valence-corrected chi connectivity index (χ0v) is 8.35. The van der Waals surface area contributed by atoms with Gasteiger partial charge in [-0.3, -0.25) is 0 Å². The van der Waals surface area contributed by atoms with Gasteiger partial charge in [0.05, 0.1) is 0 Å². The summed E-state index contributed by atoms with van der Waals surface area (Å²) in [5.41, 5.74) is -0.0860. The highest BCUT2D eigenvalue weighted by molar-refractivity contribution is 9.10. The van der Waals surface area contributed by atoms with Crippen molar-refractivity contribution in [3.63, 3.8) is 0 Å². The number of hydrogen-bond donors (Lipinski definition) is 1. The zero-order chi connectivity index (χ0) is 8.60. The molecule has 1 aliphatic heterocycles. The van der Waals surface area contributed by atoms with Gasteiger partial charge in [-0.1, -0.05) is 0 Å². The highest BCUT2D eigenvalue weighted by Crippen LogP contribution is 2.26. The summed E-state index contributed by atoms with van der Waals surface area (Å²) in [6, 6.07) is 3.64. The molecule has 0 unspecified atom stereocenters. The van der Waals surface area contributed by atoms with Gasteiger partial charge in [-0.05, 0) is 28.9 Å². The average Bonchev–Trinajstić information content (AvgIpc) is 2.32. The minimum absolute atomic E-state index is 0.0860. The summed E-state index contributed by atoms with van der Waals surface area (Å²) in [4.78, 5) is 0. The summed E-state index contributed by atoms with van der Waals surface area (Å²) in [5, 5.41) is 3.15. The smallest absolute Gasteiger partial charge is 0.285 e. The number of halogens is 1. The molecule has 1 aromatic heterocycles. The first-order valence-electron chi connectivity index (χ1n) is 3.83. The predicted octanol–water partition coefficient (Wildman–Crippen LogP) is 1.78. The molecule has 0 amide bonds. The van der Waals surface area contributed by atoms with Crippen LogP contribution in [-0.2, 0) is 0 Å². The first-order chi connectivity index (χ1) is 5.68. The van der Waals surface area contributed by atoms with E-state index in [2.05, 4.69) is 28.2 Å². The van der Waals surface area contributed by atoms with Crippen LogP contribution in [0.3, 0.4) is 0 Å². The Morgan fingerprint density at radius 1 is 1.58 bits per heavy atom. The number of rotatable bonds is 2. The van der Waals surface area contributed by atoms with Gasteiger partial charge >= 0.3 is 0 Å². The Hall–Kier alpha value is -0.480. The number of hydrogen-bond acceptors (Lipinski definition) is 3. The molecule has 0 aliphatic carbocycles. The summed E-state index contributed by atoms with van der Waals surface area (Å²) in [6.07, 6.45) is 0. The van der Waals surface area contributed by atoms with E-state index in [0.717, 1.165) is 13.1 Å². The number of ether oxygens (including phenoxy) is 1. The molecular formula is C8H10BrNO2. The Morgan fingerprint density at radius 3 is 2.75 bits per heavy atom. The van der Waals surface area contributed by atoms with Gasteiger partial charge in [0.15, 0.2) is 4.67 Å². The van der Waals surface area contributed by atoms with Crippen molar-refractivity contribution in [2.75, 3.05) is 13.1 Å². The summed E-state index contributed by atoms with van der Waals surface area (Å²) >= 11 is 3.22. The highest BCUT2D eigenvalue weighted by Gasteiger charge is 2.34. The van der Waals surface area contributed by atoms with Crippen molar-refractivity contribution >= 4 is 15.9 Å². The molecular weight excluding hydrogens is 222 g/mol. The van der Waals surface area contributed by atoms with Crippen molar-refractivity contribution in [3.8, 4) is 5.95 Å². The van der Waals surface area contributed by atoms with E-state index in [9.17, 15) is 0 Å². The SMILES string of the molecule is CC1(Oc2ccc(Br)o2)CNC1. The Balaban J connectivity index is 2.03. The maximum absolute atomic E-state index is 5.60. The van der Waals surface area contributed by atoms with E-state index in [4.69, 9.17) is 9.15 Å². The van der Waals surface area contributed by atoms with Crippen molar-refractivity contribution in [1.29, 1.82) is 0 Å². The molecule has 0 radical (unpaired) electrons. The Labute approximate surface area is 79.2 Å². The third-order valence-corrected chi connectivity index (χ3v) is 2.32. The molecule has 2 heterocycles. The van der Waals surface area contributed by atoms with E-state index in [1.54, 1.807) is 0 Å². The van der Waals surface area contributed by atoms with E-state index < -0.39 is 0 Å².